The summed E-state index contributed by atoms with van der Waals surface area (Å²) < 4.78 is 34.0. The second-order valence-corrected chi connectivity index (χ2v) is 12.3. The van der Waals surface area contributed by atoms with Crippen LogP contribution in [-0.4, -0.2) is 67.3 Å². The Morgan fingerprint density at radius 2 is 2.06 bits per heavy atom. The predicted molar refractivity (Wildman–Crippen MR) is 134 cm³/mol. The molecule has 2 aliphatic rings. The van der Waals surface area contributed by atoms with Crippen LogP contribution in [0.3, 0.4) is 0 Å². The minimum absolute atomic E-state index is 0.00951. The third kappa shape index (κ3) is 5.56. The van der Waals surface area contributed by atoms with Gasteiger partial charge < -0.3 is 14.6 Å². The lowest BCUT2D eigenvalue weighted by molar-refractivity contribution is 0.00547. The highest BCUT2D eigenvalue weighted by Crippen LogP contribution is 2.35. The number of aromatic nitrogens is 2. The molecule has 0 aromatic carbocycles. The van der Waals surface area contributed by atoms with Gasteiger partial charge in [-0.05, 0) is 56.4 Å². The third-order valence-electron chi connectivity index (χ3n) is 7.24. The van der Waals surface area contributed by atoms with Crippen LogP contribution in [0.25, 0.3) is 11.0 Å². The van der Waals surface area contributed by atoms with Gasteiger partial charge in [0.2, 0.25) is 10.0 Å². The molecular weight excluding hydrogens is 450 g/mol. The number of nitrogens with one attached hydrogen (secondary N) is 1. The van der Waals surface area contributed by atoms with E-state index in [1.54, 1.807) is 10.5 Å². The van der Waals surface area contributed by atoms with Crippen LogP contribution in [0.15, 0.2) is 18.5 Å². The minimum atomic E-state index is -3.29. The van der Waals surface area contributed by atoms with Crippen LogP contribution in [-0.2, 0) is 14.8 Å². The van der Waals surface area contributed by atoms with E-state index in [0.29, 0.717) is 31.2 Å². The maximum absolute atomic E-state index is 13.2. The Balaban J connectivity index is 1.35. The van der Waals surface area contributed by atoms with Gasteiger partial charge in [-0.25, -0.2) is 13.4 Å². The molecule has 4 rings (SSSR count). The number of anilines is 1. The van der Waals surface area contributed by atoms with E-state index in [2.05, 4.69) is 34.8 Å². The van der Waals surface area contributed by atoms with Gasteiger partial charge >= 0.3 is 0 Å². The second kappa shape index (κ2) is 10.6. The Labute approximate surface area is 203 Å². The summed E-state index contributed by atoms with van der Waals surface area (Å²) in [5.74, 6) is 0.845. The Kier molecular flexibility index (Phi) is 7.80. The van der Waals surface area contributed by atoms with Gasteiger partial charge in [-0.2, -0.15) is 9.57 Å². The van der Waals surface area contributed by atoms with Crippen molar-refractivity contribution in [2.45, 2.75) is 64.5 Å². The quantitative estimate of drug-likeness (QED) is 0.606. The van der Waals surface area contributed by atoms with Crippen molar-refractivity contribution in [2.75, 3.05) is 37.4 Å². The van der Waals surface area contributed by atoms with Crippen molar-refractivity contribution in [3.63, 3.8) is 0 Å². The molecule has 186 valence electrons. The first-order chi connectivity index (χ1) is 16.3. The van der Waals surface area contributed by atoms with Crippen LogP contribution in [0.1, 0.15) is 57.9 Å². The smallest absolute Gasteiger partial charge is 0.214 e. The lowest BCUT2D eigenvalue weighted by Crippen LogP contribution is -2.46. The van der Waals surface area contributed by atoms with Gasteiger partial charge in [0.15, 0.2) is 0 Å². The van der Waals surface area contributed by atoms with Crippen molar-refractivity contribution in [1.82, 2.24) is 14.3 Å². The monoisotopic (exact) mass is 487 g/mol. The molecule has 1 saturated heterocycles. The van der Waals surface area contributed by atoms with Crippen LogP contribution in [0.5, 0.6) is 0 Å². The van der Waals surface area contributed by atoms with Crippen molar-refractivity contribution in [2.24, 2.45) is 11.8 Å². The average Bonchev–Trinajstić information content (AvgIpc) is 3.31. The molecule has 1 unspecified atom stereocenters. The molecule has 1 aliphatic heterocycles. The van der Waals surface area contributed by atoms with Crippen LogP contribution in [0.4, 0.5) is 5.69 Å². The highest BCUT2D eigenvalue weighted by molar-refractivity contribution is 7.89. The summed E-state index contributed by atoms with van der Waals surface area (Å²) >= 11 is 0. The molecule has 0 spiro atoms. The summed E-state index contributed by atoms with van der Waals surface area (Å²) in [6.07, 6.45) is 8.85. The molecule has 0 amide bonds. The SMILES string of the molecule is CC(C)COC1CCCN(S(=O)(=O)CC2CCC(N(C)c3c(C#N)cnc4[nH]ccc34)CC2)C1. The summed E-state index contributed by atoms with van der Waals surface area (Å²) in [6, 6.07) is 4.51. The first-order valence-electron chi connectivity index (χ1n) is 12.5. The Morgan fingerprint density at radius 3 is 2.76 bits per heavy atom. The summed E-state index contributed by atoms with van der Waals surface area (Å²) in [4.78, 5) is 9.66. The van der Waals surface area contributed by atoms with Crippen LogP contribution in [0.2, 0.25) is 0 Å². The number of sulfonamides is 1. The largest absolute Gasteiger partial charge is 0.377 e. The van der Waals surface area contributed by atoms with Gasteiger partial charge in [0.05, 0.1) is 23.1 Å². The Morgan fingerprint density at radius 1 is 1.29 bits per heavy atom. The first-order valence-corrected chi connectivity index (χ1v) is 14.1. The molecule has 2 aromatic heterocycles. The number of nitriles is 1. The van der Waals surface area contributed by atoms with E-state index in [1.165, 1.54) is 0 Å². The number of aromatic amines is 1. The van der Waals surface area contributed by atoms with Gasteiger partial charge in [0.25, 0.3) is 0 Å². The van der Waals surface area contributed by atoms with Gasteiger partial charge in [0, 0.05) is 50.6 Å². The molecule has 2 fully saturated rings. The maximum atomic E-state index is 13.2. The van der Waals surface area contributed by atoms with Crippen LogP contribution < -0.4 is 4.90 Å². The minimum Gasteiger partial charge on any atom is -0.377 e. The van der Waals surface area contributed by atoms with Gasteiger partial charge in [-0.3, -0.25) is 0 Å². The average molecular weight is 488 g/mol. The predicted octanol–water partition coefficient (Wildman–Crippen LogP) is 3.90. The molecule has 1 saturated carbocycles. The molecule has 0 bridgehead atoms. The van der Waals surface area contributed by atoms with Crippen LogP contribution >= 0.6 is 0 Å². The zero-order valence-electron chi connectivity index (χ0n) is 20.5. The number of H-pyrrole nitrogens is 1. The molecule has 3 heterocycles. The zero-order valence-corrected chi connectivity index (χ0v) is 21.4. The molecule has 1 N–H and O–H groups in total. The summed E-state index contributed by atoms with van der Waals surface area (Å²) in [6.45, 7) is 5.99. The molecule has 1 atom stereocenters. The van der Waals surface area contributed by atoms with E-state index in [4.69, 9.17) is 4.74 Å². The van der Waals surface area contributed by atoms with E-state index < -0.39 is 10.0 Å². The topological polar surface area (TPSA) is 102 Å². The molecule has 2 aromatic rings. The number of nitrogens with zero attached hydrogens (tertiary/aromatic N) is 4. The lowest BCUT2D eigenvalue weighted by Gasteiger charge is -2.37. The number of hydrogen-bond acceptors (Lipinski definition) is 6. The third-order valence-corrected chi connectivity index (χ3v) is 9.25. The first kappa shape index (κ1) is 25.0. The van der Waals surface area contributed by atoms with E-state index in [9.17, 15) is 13.7 Å². The van der Waals surface area contributed by atoms with E-state index in [0.717, 1.165) is 55.2 Å². The van der Waals surface area contributed by atoms with E-state index >= 15 is 0 Å². The Bertz CT molecular complexity index is 1120. The van der Waals surface area contributed by atoms with Crippen LogP contribution in [0, 0.1) is 23.2 Å². The number of hydrogen-bond donors (Lipinski definition) is 1. The summed E-state index contributed by atoms with van der Waals surface area (Å²) in [5.41, 5.74) is 2.25. The highest BCUT2D eigenvalue weighted by atomic mass is 32.2. The van der Waals surface area contributed by atoms with E-state index in [1.807, 2.05) is 19.3 Å². The second-order valence-electron chi connectivity index (χ2n) is 10.3. The molecular formula is C25H37N5O3S. The van der Waals surface area contributed by atoms with Crippen molar-refractivity contribution in [3.05, 3.63) is 24.0 Å². The van der Waals surface area contributed by atoms with E-state index in [-0.39, 0.29) is 23.8 Å². The number of ether oxygens (including phenoxy) is 1. The normalized spacial score (nSPS) is 24.4. The molecule has 9 heteroatoms. The lowest BCUT2D eigenvalue weighted by atomic mass is 9.86. The summed E-state index contributed by atoms with van der Waals surface area (Å²) in [7, 11) is -1.25. The number of pyridine rings is 1. The molecule has 0 radical (unpaired) electrons. The summed E-state index contributed by atoms with van der Waals surface area (Å²) in [5, 5.41) is 10.6. The highest BCUT2D eigenvalue weighted by Gasteiger charge is 2.34. The van der Waals surface area contributed by atoms with Crippen molar-refractivity contribution >= 4 is 26.7 Å². The molecule has 8 nitrogen and oxygen atoms in total. The number of fused-ring (bicyclic) bond motifs is 1. The molecule has 1 aliphatic carbocycles. The van der Waals surface area contributed by atoms with Crippen molar-refractivity contribution in [3.8, 4) is 6.07 Å². The maximum Gasteiger partial charge on any atom is 0.214 e. The number of rotatable bonds is 8. The fourth-order valence-electron chi connectivity index (χ4n) is 5.36. The van der Waals surface area contributed by atoms with Gasteiger partial charge in [-0.1, -0.05) is 13.8 Å². The van der Waals surface area contributed by atoms with Gasteiger partial charge in [0.1, 0.15) is 11.7 Å². The van der Waals surface area contributed by atoms with Gasteiger partial charge in [-0.15, -0.1) is 0 Å². The standard InChI is InChI=1S/C25H37N5O3S/c1-18(2)16-33-22-5-4-12-30(15-22)34(31,32)17-19-6-8-21(9-7-19)29(3)24-20(13-26)14-28-25-23(24)10-11-27-25/h10-11,14,18-19,21-22H,4-9,12,15-17H2,1-3H3,(H,27,28). The van der Waals surface area contributed by atoms with Crippen molar-refractivity contribution < 1.29 is 13.2 Å². The Hall–Kier alpha value is -2.15. The zero-order chi connectivity index (χ0) is 24.3. The van der Waals surface area contributed by atoms with Crippen molar-refractivity contribution in [1.29, 1.82) is 5.26 Å². The number of piperidine rings is 1. The fourth-order valence-corrected chi connectivity index (χ4v) is 7.30. The fraction of sp³-hybridized carbons (Fsp3) is 0.680. The molecule has 34 heavy (non-hydrogen) atoms.